The van der Waals surface area contributed by atoms with Crippen molar-refractivity contribution in [2.75, 3.05) is 39.8 Å². The largest absolute Gasteiger partial charge is 0.348 e. The summed E-state index contributed by atoms with van der Waals surface area (Å²) in [6.45, 7) is 7.29. The number of likely N-dealkylation sites (tertiary alicyclic amines) is 1. The lowest BCUT2D eigenvalue weighted by molar-refractivity contribution is -0.213. The van der Waals surface area contributed by atoms with E-state index in [2.05, 4.69) is 45.8 Å². The molecule has 3 saturated heterocycles. The van der Waals surface area contributed by atoms with E-state index in [0.29, 0.717) is 44.1 Å². The van der Waals surface area contributed by atoms with Crippen molar-refractivity contribution >= 4 is 35.1 Å². The minimum absolute atomic E-state index is 0.0283. The normalized spacial score (nSPS) is 35.0. The molecule has 2 saturated carbocycles. The lowest BCUT2D eigenvalue weighted by Gasteiger charge is -2.60. The number of ether oxygens (including phenoxy) is 1. The van der Waals surface area contributed by atoms with E-state index in [4.69, 9.17) is 16.3 Å². The number of ketones is 1. The molecule has 9 nitrogen and oxygen atoms in total. The van der Waals surface area contributed by atoms with Crippen LogP contribution in [0, 0.1) is 17.2 Å². The van der Waals surface area contributed by atoms with Gasteiger partial charge in [-0.05, 0) is 88.7 Å². The summed E-state index contributed by atoms with van der Waals surface area (Å²) in [5.41, 5.74) is 1.17. The molecule has 1 spiro atoms. The molecule has 49 heavy (non-hydrogen) atoms. The molecule has 1 aromatic rings. The average Bonchev–Trinajstić information content (AvgIpc) is 3.34. The summed E-state index contributed by atoms with van der Waals surface area (Å²) in [4.78, 5) is 38.5. The summed E-state index contributed by atoms with van der Waals surface area (Å²) in [5.74, 6) is 0.252. The second-order valence-electron chi connectivity index (χ2n) is 15.2. The quantitative estimate of drug-likeness (QED) is 0.294. The van der Waals surface area contributed by atoms with Gasteiger partial charge in [0.05, 0.1) is 42.1 Å². The van der Waals surface area contributed by atoms with Gasteiger partial charge in [-0.3, -0.25) is 19.8 Å². The lowest BCUT2D eigenvalue weighted by atomic mass is 9.71. The molecule has 266 valence electrons. The minimum Gasteiger partial charge on any atom is -0.348 e. The van der Waals surface area contributed by atoms with Gasteiger partial charge in [-0.2, -0.15) is 5.26 Å². The highest BCUT2D eigenvalue weighted by molar-refractivity contribution is 8.01. The maximum atomic E-state index is 15.1. The number of thioether (sulfide) groups is 1. The van der Waals surface area contributed by atoms with Crippen LogP contribution in [0.2, 0.25) is 5.02 Å². The fourth-order valence-electron chi connectivity index (χ4n) is 9.86. The molecule has 7 atom stereocenters. The van der Waals surface area contributed by atoms with Gasteiger partial charge in [0, 0.05) is 47.6 Å². The van der Waals surface area contributed by atoms with E-state index in [1.165, 1.54) is 43.7 Å². The van der Waals surface area contributed by atoms with Crippen molar-refractivity contribution in [3.05, 3.63) is 41.4 Å². The van der Waals surface area contributed by atoms with Gasteiger partial charge in [0.2, 0.25) is 5.91 Å². The van der Waals surface area contributed by atoms with Crippen molar-refractivity contribution in [1.29, 1.82) is 5.26 Å². The van der Waals surface area contributed by atoms with E-state index >= 15 is 4.79 Å². The molecule has 0 aromatic heterocycles. The number of nitriles is 1. The molecule has 0 radical (unpaired) electrons. The third kappa shape index (κ3) is 6.98. The molecule has 2 aliphatic carbocycles. The Kier molecular flexibility index (Phi) is 11.1. The zero-order valence-corrected chi connectivity index (χ0v) is 30.6. The SMILES string of the molecule is C=CC(=O)N1CCN(C2C3CC[C@@]4(CCc5c(Cl)cccc5S4)C(=O)C3NC(OCC3CCCN3C)N2C2CCCCCC2)CC1CC#N. The number of nitrogens with zero attached hydrogens (tertiary/aromatic N) is 5. The Morgan fingerprint density at radius 3 is 2.67 bits per heavy atom. The number of nitrogens with one attached hydrogen (secondary N) is 1. The number of hydrogen-bond acceptors (Lipinski definition) is 9. The number of likely N-dealkylation sites (N-methyl/N-ethyl adjacent to an activating group) is 1. The van der Waals surface area contributed by atoms with Crippen LogP contribution in [0.3, 0.4) is 0 Å². The first kappa shape index (κ1) is 35.4. The van der Waals surface area contributed by atoms with E-state index in [1.807, 2.05) is 17.0 Å². The second-order valence-corrected chi connectivity index (χ2v) is 17.1. The van der Waals surface area contributed by atoms with E-state index < -0.39 is 4.75 Å². The van der Waals surface area contributed by atoms with Crippen LogP contribution in [0.5, 0.6) is 0 Å². The van der Waals surface area contributed by atoms with Crippen LogP contribution in [-0.4, -0.2) is 113 Å². The molecule has 1 aromatic carbocycles. The number of fused-ring (bicyclic) bond motifs is 2. The Balaban J connectivity index is 1.24. The number of hydrogen-bond donors (Lipinski definition) is 1. The fourth-order valence-corrected chi connectivity index (χ4v) is 11.7. The average molecular weight is 709 g/mol. The first-order valence-electron chi connectivity index (χ1n) is 18.7. The number of benzene rings is 1. The van der Waals surface area contributed by atoms with Gasteiger partial charge in [-0.15, -0.1) is 11.8 Å². The Morgan fingerprint density at radius 2 is 1.94 bits per heavy atom. The highest BCUT2D eigenvalue weighted by atomic mass is 35.5. The van der Waals surface area contributed by atoms with Gasteiger partial charge in [0.25, 0.3) is 0 Å². The van der Waals surface area contributed by atoms with Crippen LogP contribution in [-0.2, 0) is 20.7 Å². The highest BCUT2D eigenvalue weighted by Gasteiger charge is 2.58. The Labute approximate surface area is 301 Å². The number of piperazine rings is 1. The van der Waals surface area contributed by atoms with Gasteiger partial charge in [0.1, 0.15) is 0 Å². The van der Waals surface area contributed by atoms with Gasteiger partial charge in [-0.1, -0.05) is 49.9 Å². The molecular formula is C38H53ClN6O3S. The standard InChI is InChI=1S/C38H53ClN6O3S/c1-3-33(46)44-23-22-43(24-27(44)17-20-40)36-30-16-19-38(18-15-29-31(39)13-8-14-32(29)49-38)35(47)34(30)41-37(48-25-28-12-9-21-42(28)2)45(36)26-10-6-4-5-7-11-26/h3,8,13-14,26-28,30,34,36-37,41H,1,4-7,9-12,15-19,21-25H2,2H3/t27?,28?,30?,34?,36?,37?,38-/m0/s1. The van der Waals surface area contributed by atoms with Crippen LogP contribution in [0.4, 0.5) is 0 Å². The maximum Gasteiger partial charge on any atom is 0.246 e. The lowest BCUT2D eigenvalue weighted by Crippen LogP contribution is -2.77. The molecule has 6 aliphatic rings. The van der Waals surface area contributed by atoms with Crippen LogP contribution in [0.25, 0.3) is 0 Å². The van der Waals surface area contributed by atoms with Crippen molar-refractivity contribution in [1.82, 2.24) is 24.9 Å². The predicted octanol–water partition coefficient (Wildman–Crippen LogP) is 5.43. The molecule has 4 heterocycles. The Bertz CT molecular complexity index is 1430. The van der Waals surface area contributed by atoms with Crippen molar-refractivity contribution in [2.24, 2.45) is 5.92 Å². The summed E-state index contributed by atoms with van der Waals surface area (Å²) in [6, 6.07) is 8.57. The Hall–Kier alpha value is -1.97. The summed E-state index contributed by atoms with van der Waals surface area (Å²) in [6.07, 6.45) is 14.0. The van der Waals surface area contributed by atoms with E-state index in [-0.39, 0.29) is 42.8 Å². The van der Waals surface area contributed by atoms with Gasteiger partial charge >= 0.3 is 0 Å². The molecule has 0 bridgehead atoms. The van der Waals surface area contributed by atoms with Crippen molar-refractivity contribution < 1.29 is 14.3 Å². The van der Waals surface area contributed by atoms with Gasteiger partial charge in [-0.25, -0.2) is 4.90 Å². The highest BCUT2D eigenvalue weighted by Crippen LogP contribution is 2.53. The molecule has 6 unspecified atom stereocenters. The maximum absolute atomic E-state index is 15.1. The summed E-state index contributed by atoms with van der Waals surface area (Å²) >= 11 is 8.36. The molecule has 5 fully saturated rings. The molecule has 11 heteroatoms. The van der Waals surface area contributed by atoms with E-state index in [0.717, 1.165) is 61.4 Å². The third-order valence-electron chi connectivity index (χ3n) is 12.5. The number of amides is 1. The minimum atomic E-state index is -0.491. The smallest absolute Gasteiger partial charge is 0.246 e. The van der Waals surface area contributed by atoms with E-state index in [1.54, 1.807) is 11.8 Å². The van der Waals surface area contributed by atoms with Crippen molar-refractivity contribution in [2.45, 2.75) is 130 Å². The Morgan fingerprint density at radius 1 is 1.12 bits per heavy atom. The topological polar surface area (TPSA) is 92.2 Å². The summed E-state index contributed by atoms with van der Waals surface area (Å²) in [7, 11) is 2.19. The third-order valence-corrected chi connectivity index (χ3v) is 14.5. The summed E-state index contributed by atoms with van der Waals surface area (Å²) < 4.78 is 6.51. The molecule has 1 N–H and O–H groups in total. The molecule has 1 amide bonds. The number of rotatable bonds is 7. The first-order chi connectivity index (χ1) is 23.8. The molecular weight excluding hydrogens is 656 g/mol. The molecule has 7 rings (SSSR count). The van der Waals surface area contributed by atoms with Crippen LogP contribution < -0.4 is 5.32 Å². The van der Waals surface area contributed by atoms with Crippen molar-refractivity contribution in [3.8, 4) is 6.07 Å². The van der Waals surface area contributed by atoms with Crippen LogP contribution in [0.15, 0.2) is 35.7 Å². The summed E-state index contributed by atoms with van der Waals surface area (Å²) in [5, 5.41) is 14.5. The fraction of sp³-hybridized carbons (Fsp3) is 0.711. The number of carbonyl (C=O) groups is 2. The van der Waals surface area contributed by atoms with E-state index in [9.17, 15) is 10.1 Å². The van der Waals surface area contributed by atoms with Gasteiger partial charge < -0.3 is 14.5 Å². The van der Waals surface area contributed by atoms with Crippen LogP contribution >= 0.6 is 23.4 Å². The second kappa shape index (κ2) is 15.3. The van der Waals surface area contributed by atoms with Gasteiger partial charge in [0.15, 0.2) is 12.1 Å². The molecule has 4 aliphatic heterocycles. The number of Topliss-reactive ketones (excluding diaryl/α,β-unsaturated/α-hetero) is 1. The zero-order chi connectivity index (χ0) is 34.1. The zero-order valence-electron chi connectivity index (χ0n) is 29.0. The first-order valence-corrected chi connectivity index (χ1v) is 19.9. The number of carbonyl (C=O) groups excluding carboxylic acids is 2. The number of halogens is 1. The predicted molar refractivity (Wildman–Crippen MR) is 193 cm³/mol. The van der Waals surface area contributed by atoms with Crippen molar-refractivity contribution in [3.63, 3.8) is 0 Å². The van der Waals surface area contributed by atoms with Crippen LogP contribution in [0.1, 0.15) is 82.6 Å². The monoisotopic (exact) mass is 708 g/mol.